The SMILES string of the molecule is CC(=NC(=O)c1c(F)ccc(OCc2nc3cc(Cl)ccc3s2)c1F)N(C)C. The molecule has 1 aromatic heterocycles. The van der Waals surface area contributed by atoms with E-state index in [1.165, 1.54) is 11.3 Å². The molecule has 0 aliphatic heterocycles. The highest BCUT2D eigenvalue weighted by Gasteiger charge is 2.22. The van der Waals surface area contributed by atoms with Crippen LogP contribution in [0.3, 0.4) is 0 Å². The van der Waals surface area contributed by atoms with Gasteiger partial charge in [-0.2, -0.15) is 4.99 Å². The molecule has 3 rings (SSSR count). The maximum atomic E-state index is 14.7. The second-order valence-electron chi connectivity index (χ2n) is 6.10. The quantitative estimate of drug-likeness (QED) is 0.441. The average Bonchev–Trinajstić information content (AvgIpc) is 3.02. The number of amidine groups is 1. The number of ether oxygens (including phenoxy) is 1. The van der Waals surface area contributed by atoms with Crippen molar-refractivity contribution >= 4 is 44.9 Å². The van der Waals surface area contributed by atoms with Crippen LogP contribution in [-0.4, -0.2) is 35.7 Å². The molecule has 1 amide bonds. The fraction of sp³-hybridized carbons (Fsp3) is 0.211. The van der Waals surface area contributed by atoms with E-state index in [-0.39, 0.29) is 12.4 Å². The molecule has 3 aromatic rings. The number of carbonyl (C=O) groups is 1. The minimum atomic E-state index is -1.09. The Morgan fingerprint density at radius 2 is 2.04 bits per heavy atom. The predicted octanol–water partition coefficient (Wildman–Crippen LogP) is 4.93. The van der Waals surface area contributed by atoms with Crippen LogP contribution in [0.15, 0.2) is 35.3 Å². The van der Waals surface area contributed by atoms with Crippen molar-refractivity contribution in [3.8, 4) is 5.75 Å². The van der Waals surface area contributed by atoms with Gasteiger partial charge in [0, 0.05) is 19.1 Å². The molecule has 28 heavy (non-hydrogen) atoms. The van der Waals surface area contributed by atoms with Crippen LogP contribution in [0.1, 0.15) is 22.3 Å². The van der Waals surface area contributed by atoms with Crippen LogP contribution >= 0.6 is 22.9 Å². The summed E-state index contributed by atoms with van der Waals surface area (Å²) in [5.41, 5.74) is -0.0465. The second-order valence-corrected chi connectivity index (χ2v) is 7.65. The smallest absolute Gasteiger partial charge is 0.284 e. The number of halogens is 3. The van der Waals surface area contributed by atoms with Crippen molar-refractivity contribution in [1.82, 2.24) is 9.88 Å². The summed E-state index contributed by atoms with van der Waals surface area (Å²) in [5.74, 6) is -3.03. The molecule has 0 spiro atoms. The molecule has 0 aliphatic rings. The number of aromatic nitrogens is 1. The normalized spacial score (nSPS) is 11.7. The van der Waals surface area contributed by atoms with Gasteiger partial charge in [0.1, 0.15) is 28.8 Å². The molecular formula is C19H16ClF2N3O2S. The highest BCUT2D eigenvalue weighted by molar-refractivity contribution is 7.18. The molecule has 1 heterocycles. The Bertz CT molecular complexity index is 1080. The summed E-state index contributed by atoms with van der Waals surface area (Å²) >= 11 is 7.31. The topological polar surface area (TPSA) is 54.8 Å². The third-order valence-corrected chi connectivity index (χ3v) is 5.17. The van der Waals surface area contributed by atoms with E-state index in [9.17, 15) is 13.6 Å². The third kappa shape index (κ3) is 4.28. The molecule has 5 nitrogen and oxygen atoms in total. The fourth-order valence-corrected chi connectivity index (χ4v) is 3.32. The van der Waals surface area contributed by atoms with Gasteiger partial charge in [0.25, 0.3) is 5.91 Å². The monoisotopic (exact) mass is 423 g/mol. The number of amides is 1. The number of aliphatic imine (C=N–C) groups is 1. The Balaban J connectivity index is 1.84. The first-order valence-electron chi connectivity index (χ1n) is 8.19. The maximum Gasteiger partial charge on any atom is 0.284 e. The summed E-state index contributed by atoms with van der Waals surface area (Å²) in [6, 6.07) is 7.41. The van der Waals surface area contributed by atoms with Crippen molar-refractivity contribution in [3.63, 3.8) is 0 Å². The fourth-order valence-electron chi connectivity index (χ4n) is 2.29. The van der Waals surface area contributed by atoms with Crippen LogP contribution in [0.4, 0.5) is 8.78 Å². The molecule has 0 radical (unpaired) electrons. The number of benzene rings is 2. The van der Waals surface area contributed by atoms with Gasteiger partial charge in [-0.25, -0.2) is 13.8 Å². The summed E-state index contributed by atoms with van der Waals surface area (Å²) < 4.78 is 35.1. The molecule has 2 aromatic carbocycles. The van der Waals surface area contributed by atoms with E-state index in [1.54, 1.807) is 38.1 Å². The molecular weight excluding hydrogens is 408 g/mol. The largest absolute Gasteiger partial charge is 0.483 e. The van der Waals surface area contributed by atoms with E-state index in [2.05, 4.69) is 9.98 Å². The zero-order chi connectivity index (χ0) is 20.4. The number of carbonyl (C=O) groups excluding carboxylic acids is 1. The average molecular weight is 424 g/mol. The highest BCUT2D eigenvalue weighted by Crippen LogP contribution is 2.28. The molecule has 0 saturated carbocycles. The number of thiazole rings is 1. The van der Waals surface area contributed by atoms with Crippen LogP contribution in [0, 0.1) is 11.6 Å². The molecule has 0 fully saturated rings. The van der Waals surface area contributed by atoms with E-state index in [4.69, 9.17) is 16.3 Å². The maximum absolute atomic E-state index is 14.7. The van der Waals surface area contributed by atoms with Crippen LogP contribution in [-0.2, 0) is 6.61 Å². The van der Waals surface area contributed by atoms with E-state index >= 15 is 0 Å². The first-order valence-corrected chi connectivity index (χ1v) is 9.38. The summed E-state index contributed by atoms with van der Waals surface area (Å²) in [7, 11) is 3.34. The van der Waals surface area contributed by atoms with E-state index in [0.29, 0.717) is 21.4 Å². The molecule has 0 saturated heterocycles. The van der Waals surface area contributed by atoms with Crippen LogP contribution in [0.5, 0.6) is 5.75 Å². The first kappa shape index (κ1) is 20.2. The number of fused-ring (bicyclic) bond motifs is 1. The van der Waals surface area contributed by atoms with Crippen LogP contribution < -0.4 is 4.74 Å². The Morgan fingerprint density at radius 1 is 1.29 bits per heavy atom. The van der Waals surface area contributed by atoms with Gasteiger partial charge >= 0.3 is 0 Å². The van der Waals surface area contributed by atoms with Crippen molar-refractivity contribution in [1.29, 1.82) is 0 Å². The summed E-state index contributed by atoms with van der Waals surface area (Å²) in [6.45, 7) is 1.53. The van der Waals surface area contributed by atoms with Gasteiger partial charge < -0.3 is 9.64 Å². The first-order chi connectivity index (χ1) is 13.3. The van der Waals surface area contributed by atoms with E-state index in [1.807, 2.05) is 6.07 Å². The summed E-state index contributed by atoms with van der Waals surface area (Å²) in [5, 5.41) is 1.15. The van der Waals surface area contributed by atoms with Crippen molar-refractivity contribution < 1.29 is 18.3 Å². The third-order valence-electron chi connectivity index (χ3n) is 3.93. The van der Waals surface area contributed by atoms with Gasteiger partial charge in [0.2, 0.25) is 0 Å². The van der Waals surface area contributed by atoms with Crippen LogP contribution in [0.25, 0.3) is 10.2 Å². The van der Waals surface area contributed by atoms with Gasteiger partial charge in [-0.3, -0.25) is 4.79 Å². The van der Waals surface area contributed by atoms with Gasteiger partial charge in [0.05, 0.1) is 10.2 Å². The van der Waals surface area contributed by atoms with Crippen molar-refractivity contribution in [2.75, 3.05) is 14.1 Å². The summed E-state index contributed by atoms with van der Waals surface area (Å²) in [6.07, 6.45) is 0. The zero-order valence-corrected chi connectivity index (χ0v) is 16.9. The lowest BCUT2D eigenvalue weighted by Gasteiger charge is -2.11. The van der Waals surface area contributed by atoms with Gasteiger partial charge in [0.15, 0.2) is 11.6 Å². The lowest BCUT2D eigenvalue weighted by atomic mass is 10.1. The minimum absolute atomic E-state index is 0.0346. The number of rotatable bonds is 4. The lowest BCUT2D eigenvalue weighted by molar-refractivity contribution is 0.0992. The molecule has 0 bridgehead atoms. The lowest BCUT2D eigenvalue weighted by Crippen LogP contribution is -2.20. The van der Waals surface area contributed by atoms with E-state index in [0.717, 1.165) is 16.8 Å². The van der Waals surface area contributed by atoms with Gasteiger partial charge in [-0.15, -0.1) is 11.3 Å². The number of hydrogen-bond acceptors (Lipinski definition) is 4. The van der Waals surface area contributed by atoms with Crippen molar-refractivity contribution in [3.05, 3.63) is 57.6 Å². The van der Waals surface area contributed by atoms with Gasteiger partial charge in [-0.05, 0) is 37.3 Å². The number of hydrogen-bond donors (Lipinski definition) is 0. The second kappa shape index (κ2) is 8.20. The minimum Gasteiger partial charge on any atom is -0.483 e. The molecule has 0 aliphatic carbocycles. The zero-order valence-electron chi connectivity index (χ0n) is 15.3. The van der Waals surface area contributed by atoms with Crippen LogP contribution in [0.2, 0.25) is 5.02 Å². The molecule has 0 N–H and O–H groups in total. The molecule has 0 atom stereocenters. The van der Waals surface area contributed by atoms with Crippen molar-refractivity contribution in [2.45, 2.75) is 13.5 Å². The Labute approximate surface area is 169 Å². The molecule has 146 valence electrons. The van der Waals surface area contributed by atoms with Gasteiger partial charge in [-0.1, -0.05) is 11.6 Å². The molecule has 9 heteroatoms. The Hall–Kier alpha value is -2.58. The number of nitrogens with zero attached hydrogens (tertiary/aromatic N) is 3. The predicted molar refractivity (Wildman–Crippen MR) is 106 cm³/mol. The molecule has 0 unspecified atom stereocenters. The van der Waals surface area contributed by atoms with Crippen molar-refractivity contribution in [2.24, 2.45) is 4.99 Å². The Morgan fingerprint density at radius 3 is 2.75 bits per heavy atom. The standard InChI is InChI=1S/C19H16ClF2N3O2S/c1-10(25(2)3)23-19(26)17-12(21)5-6-14(18(17)22)27-9-16-24-13-8-11(20)4-7-15(13)28-16/h4-8H,9H2,1-3H3. The summed E-state index contributed by atoms with van der Waals surface area (Å²) in [4.78, 5) is 21.8. The highest BCUT2D eigenvalue weighted by atomic mass is 35.5. The Kier molecular flexibility index (Phi) is 5.90. The van der Waals surface area contributed by atoms with E-state index < -0.39 is 23.1 Å².